The van der Waals surface area contributed by atoms with E-state index in [1.807, 2.05) is 18.2 Å². The van der Waals surface area contributed by atoms with Crippen LogP contribution in [-0.2, 0) is 15.7 Å². The van der Waals surface area contributed by atoms with Gasteiger partial charge in [0.15, 0.2) is 5.75 Å². The molecule has 0 aliphatic heterocycles. The van der Waals surface area contributed by atoms with Crippen molar-refractivity contribution in [1.29, 1.82) is 0 Å². The highest BCUT2D eigenvalue weighted by Gasteiger charge is 2.19. The van der Waals surface area contributed by atoms with Gasteiger partial charge in [0.2, 0.25) is 5.78 Å². The van der Waals surface area contributed by atoms with Crippen LogP contribution in [0.5, 0.6) is 0 Å². The standard InChI is InChI=1S/C16H27OS/c1-4-7-10-11-12-16(17)15-18(13-8-5-2)14-9-6-3/h4,7,10-12H,1,5-6,8-9,13-15H2,2-3H3/q+1/b10-7+,12-11+. The van der Waals surface area contributed by atoms with E-state index in [0.717, 1.165) is 5.75 Å². The zero-order chi connectivity index (χ0) is 13.6. The summed E-state index contributed by atoms with van der Waals surface area (Å²) >= 11 is 0. The fraction of sp³-hybridized carbons (Fsp3) is 0.562. The second-order valence-corrected chi connectivity index (χ2v) is 6.65. The summed E-state index contributed by atoms with van der Waals surface area (Å²) in [6.07, 6.45) is 13.8. The van der Waals surface area contributed by atoms with Crippen LogP contribution in [0.25, 0.3) is 0 Å². The summed E-state index contributed by atoms with van der Waals surface area (Å²) < 4.78 is 0. The molecule has 0 aromatic rings. The third-order valence-corrected chi connectivity index (χ3v) is 4.98. The first kappa shape index (κ1) is 17.2. The van der Waals surface area contributed by atoms with Gasteiger partial charge in [-0.05, 0) is 29.8 Å². The third-order valence-electron chi connectivity index (χ3n) is 2.56. The normalized spacial score (nSPS) is 11.7. The second kappa shape index (κ2) is 12.7. The highest BCUT2D eigenvalue weighted by atomic mass is 32.2. The number of hydrogen-bond acceptors (Lipinski definition) is 1. The molecular formula is C16H27OS+. The van der Waals surface area contributed by atoms with Gasteiger partial charge in [0.1, 0.15) is 11.5 Å². The molecule has 0 fully saturated rings. The molecule has 0 N–H and O–H groups in total. The van der Waals surface area contributed by atoms with E-state index in [-0.39, 0.29) is 5.78 Å². The van der Waals surface area contributed by atoms with Crippen LogP contribution in [0.3, 0.4) is 0 Å². The molecule has 0 aromatic heterocycles. The molecule has 0 aromatic carbocycles. The van der Waals surface area contributed by atoms with Gasteiger partial charge in [-0.3, -0.25) is 4.79 Å². The number of unbranched alkanes of at least 4 members (excludes halogenated alkanes) is 2. The van der Waals surface area contributed by atoms with Gasteiger partial charge in [-0.25, -0.2) is 0 Å². The van der Waals surface area contributed by atoms with Crippen molar-refractivity contribution in [3.8, 4) is 0 Å². The molecule has 1 nitrogen and oxygen atoms in total. The van der Waals surface area contributed by atoms with Crippen LogP contribution in [0.2, 0.25) is 0 Å². The topological polar surface area (TPSA) is 17.1 Å². The van der Waals surface area contributed by atoms with Gasteiger partial charge in [-0.1, -0.05) is 57.6 Å². The number of rotatable bonds is 11. The lowest BCUT2D eigenvalue weighted by atomic mass is 10.3. The van der Waals surface area contributed by atoms with Crippen molar-refractivity contribution in [3.05, 3.63) is 37.0 Å². The van der Waals surface area contributed by atoms with Crippen molar-refractivity contribution < 1.29 is 4.79 Å². The average molecular weight is 267 g/mol. The van der Waals surface area contributed by atoms with Crippen molar-refractivity contribution in [2.45, 2.75) is 39.5 Å². The number of carbonyl (C=O) groups is 1. The number of ketones is 1. The molecule has 0 radical (unpaired) electrons. The Morgan fingerprint density at radius 1 is 1.06 bits per heavy atom. The quantitative estimate of drug-likeness (QED) is 0.313. The molecule has 0 heterocycles. The second-order valence-electron chi connectivity index (χ2n) is 4.32. The molecule has 0 aliphatic rings. The van der Waals surface area contributed by atoms with E-state index in [1.165, 1.54) is 37.2 Å². The van der Waals surface area contributed by atoms with Gasteiger partial charge in [-0.2, -0.15) is 0 Å². The molecule has 0 atom stereocenters. The van der Waals surface area contributed by atoms with Crippen molar-refractivity contribution in [2.75, 3.05) is 17.3 Å². The largest absolute Gasteiger partial charge is 0.290 e. The van der Waals surface area contributed by atoms with Crippen LogP contribution < -0.4 is 0 Å². The van der Waals surface area contributed by atoms with Crippen molar-refractivity contribution in [1.82, 2.24) is 0 Å². The summed E-state index contributed by atoms with van der Waals surface area (Å²) in [5.41, 5.74) is 0. The molecule has 0 saturated carbocycles. The summed E-state index contributed by atoms with van der Waals surface area (Å²) in [6, 6.07) is 0. The average Bonchev–Trinajstić information content (AvgIpc) is 2.38. The van der Waals surface area contributed by atoms with E-state index in [9.17, 15) is 4.79 Å². The zero-order valence-electron chi connectivity index (χ0n) is 11.9. The number of allylic oxidation sites excluding steroid dienone is 5. The van der Waals surface area contributed by atoms with Gasteiger partial charge in [0, 0.05) is 0 Å². The molecular weight excluding hydrogens is 240 g/mol. The van der Waals surface area contributed by atoms with Crippen LogP contribution in [0.4, 0.5) is 0 Å². The number of hydrogen-bond donors (Lipinski definition) is 0. The molecule has 0 amide bonds. The highest BCUT2D eigenvalue weighted by molar-refractivity contribution is 7.97. The molecule has 0 rings (SSSR count). The summed E-state index contributed by atoms with van der Waals surface area (Å²) in [7, 11) is 0.293. The van der Waals surface area contributed by atoms with Gasteiger partial charge in [-0.15, -0.1) is 0 Å². The highest BCUT2D eigenvalue weighted by Crippen LogP contribution is 2.06. The predicted molar refractivity (Wildman–Crippen MR) is 85.3 cm³/mol. The SMILES string of the molecule is C=C/C=C/C=C/C(=O)C[S+](CCCC)CCCC. The third kappa shape index (κ3) is 10.4. The fourth-order valence-corrected chi connectivity index (χ4v) is 3.88. The minimum absolute atomic E-state index is 0.263. The Bertz CT molecular complexity index is 271. The summed E-state index contributed by atoms with van der Waals surface area (Å²) in [5, 5.41) is 0. The van der Waals surface area contributed by atoms with E-state index < -0.39 is 0 Å². The van der Waals surface area contributed by atoms with E-state index >= 15 is 0 Å². The van der Waals surface area contributed by atoms with Crippen LogP contribution in [0.1, 0.15) is 39.5 Å². The minimum Gasteiger partial charge on any atom is -0.290 e. The molecule has 0 bridgehead atoms. The Morgan fingerprint density at radius 2 is 1.67 bits per heavy atom. The summed E-state index contributed by atoms with van der Waals surface area (Å²) in [5.74, 6) is 3.44. The van der Waals surface area contributed by atoms with Crippen LogP contribution >= 0.6 is 0 Å². The van der Waals surface area contributed by atoms with Gasteiger partial charge < -0.3 is 0 Å². The maximum absolute atomic E-state index is 11.8. The molecule has 102 valence electrons. The van der Waals surface area contributed by atoms with E-state index in [1.54, 1.807) is 12.2 Å². The van der Waals surface area contributed by atoms with Crippen molar-refractivity contribution >= 4 is 16.7 Å². The monoisotopic (exact) mass is 267 g/mol. The molecule has 0 saturated heterocycles. The Hall–Kier alpha value is -0.760. The smallest absolute Gasteiger partial charge is 0.204 e. The Kier molecular flexibility index (Phi) is 12.2. The zero-order valence-corrected chi connectivity index (χ0v) is 12.7. The van der Waals surface area contributed by atoms with Gasteiger partial charge in [0.05, 0.1) is 0 Å². The fourth-order valence-electron chi connectivity index (χ4n) is 1.50. The lowest BCUT2D eigenvalue weighted by Crippen LogP contribution is -2.21. The van der Waals surface area contributed by atoms with Crippen LogP contribution in [0, 0.1) is 0 Å². The maximum atomic E-state index is 11.8. The molecule has 0 unspecified atom stereocenters. The van der Waals surface area contributed by atoms with Crippen molar-refractivity contribution in [3.63, 3.8) is 0 Å². The van der Waals surface area contributed by atoms with Gasteiger partial charge in [0.25, 0.3) is 0 Å². The minimum atomic E-state index is 0.263. The molecule has 0 spiro atoms. The first-order chi connectivity index (χ1) is 8.74. The Labute approximate surface area is 115 Å². The Morgan fingerprint density at radius 3 is 2.17 bits per heavy atom. The predicted octanol–water partition coefficient (Wildman–Crippen LogP) is 4.07. The lowest BCUT2D eigenvalue weighted by molar-refractivity contribution is -0.112. The maximum Gasteiger partial charge on any atom is 0.204 e. The van der Waals surface area contributed by atoms with E-state index in [4.69, 9.17) is 0 Å². The summed E-state index contributed by atoms with van der Waals surface area (Å²) in [6.45, 7) is 8.01. The van der Waals surface area contributed by atoms with Crippen LogP contribution in [-0.4, -0.2) is 23.0 Å². The lowest BCUT2D eigenvalue weighted by Gasteiger charge is -2.06. The molecule has 2 heteroatoms. The Balaban J connectivity index is 4.10. The first-order valence-electron chi connectivity index (χ1n) is 6.87. The van der Waals surface area contributed by atoms with Gasteiger partial charge >= 0.3 is 0 Å². The van der Waals surface area contributed by atoms with E-state index in [0.29, 0.717) is 10.9 Å². The first-order valence-corrected chi connectivity index (χ1v) is 8.60. The molecule has 0 aliphatic carbocycles. The molecule has 18 heavy (non-hydrogen) atoms. The van der Waals surface area contributed by atoms with E-state index in [2.05, 4.69) is 20.4 Å². The number of carbonyl (C=O) groups excluding carboxylic acids is 1. The summed E-state index contributed by atoms with van der Waals surface area (Å²) in [4.78, 5) is 11.8. The van der Waals surface area contributed by atoms with Crippen molar-refractivity contribution in [2.24, 2.45) is 0 Å². The van der Waals surface area contributed by atoms with Crippen LogP contribution in [0.15, 0.2) is 37.0 Å².